The lowest BCUT2D eigenvalue weighted by atomic mass is 10.0. The van der Waals surface area contributed by atoms with Gasteiger partial charge in [-0.15, -0.1) is 0 Å². The van der Waals surface area contributed by atoms with Crippen LogP contribution in [0, 0.1) is 11.8 Å². The molecule has 18 heavy (non-hydrogen) atoms. The number of nitrogens with one attached hydrogen (secondary N) is 1. The molecule has 1 aliphatic rings. The summed E-state index contributed by atoms with van der Waals surface area (Å²) in [4.78, 5) is 2.50. The molecule has 100 valence electrons. The Balaban J connectivity index is 2.10. The van der Waals surface area contributed by atoms with Crippen molar-refractivity contribution in [2.45, 2.75) is 27.3 Å². The molecular formula is C15H23BrN2. The van der Waals surface area contributed by atoms with Crippen LogP contribution in [0.4, 0.5) is 5.69 Å². The van der Waals surface area contributed by atoms with Gasteiger partial charge in [0.1, 0.15) is 0 Å². The Bertz CT molecular complexity index is 395. The molecule has 1 heterocycles. The highest BCUT2D eigenvalue weighted by Crippen LogP contribution is 2.33. The number of nitrogens with zero attached hydrogens (tertiary/aromatic N) is 1. The Kier molecular flexibility index (Phi) is 4.68. The van der Waals surface area contributed by atoms with Gasteiger partial charge >= 0.3 is 0 Å². The number of benzene rings is 1. The lowest BCUT2D eigenvalue weighted by Gasteiger charge is -2.20. The van der Waals surface area contributed by atoms with Gasteiger partial charge in [-0.25, -0.2) is 0 Å². The molecule has 1 aromatic carbocycles. The van der Waals surface area contributed by atoms with E-state index >= 15 is 0 Å². The van der Waals surface area contributed by atoms with Crippen molar-refractivity contribution in [2.24, 2.45) is 11.8 Å². The van der Waals surface area contributed by atoms with Crippen LogP contribution < -0.4 is 10.2 Å². The molecule has 1 aliphatic heterocycles. The first-order valence-corrected chi connectivity index (χ1v) is 7.65. The topological polar surface area (TPSA) is 15.3 Å². The maximum Gasteiger partial charge on any atom is 0.0511 e. The number of rotatable bonds is 4. The zero-order valence-corrected chi connectivity index (χ0v) is 13.1. The van der Waals surface area contributed by atoms with E-state index in [0.717, 1.165) is 24.9 Å². The highest BCUT2D eigenvalue weighted by atomic mass is 79.9. The zero-order valence-electron chi connectivity index (χ0n) is 11.5. The Hall–Kier alpha value is -0.540. The monoisotopic (exact) mass is 310 g/mol. The third-order valence-electron chi connectivity index (χ3n) is 3.92. The van der Waals surface area contributed by atoms with Gasteiger partial charge in [0.05, 0.1) is 5.69 Å². The predicted octanol–water partition coefficient (Wildman–Crippen LogP) is 3.65. The molecule has 2 atom stereocenters. The van der Waals surface area contributed by atoms with Crippen LogP contribution in [0.1, 0.15) is 26.3 Å². The van der Waals surface area contributed by atoms with Gasteiger partial charge in [0.15, 0.2) is 0 Å². The summed E-state index contributed by atoms with van der Waals surface area (Å²) in [5, 5.41) is 3.36. The smallest absolute Gasteiger partial charge is 0.0511 e. The molecule has 1 aromatic rings. The van der Waals surface area contributed by atoms with Crippen LogP contribution in [0.15, 0.2) is 22.7 Å². The Morgan fingerprint density at radius 2 is 1.94 bits per heavy atom. The molecule has 0 saturated carbocycles. The van der Waals surface area contributed by atoms with Gasteiger partial charge in [0.2, 0.25) is 0 Å². The van der Waals surface area contributed by atoms with Crippen LogP contribution >= 0.6 is 15.9 Å². The first-order valence-electron chi connectivity index (χ1n) is 6.86. The highest BCUT2D eigenvalue weighted by molar-refractivity contribution is 9.10. The second-order valence-corrected chi connectivity index (χ2v) is 6.28. The predicted molar refractivity (Wildman–Crippen MR) is 82.1 cm³/mol. The van der Waals surface area contributed by atoms with Gasteiger partial charge in [-0.05, 0) is 52.0 Å². The molecule has 0 amide bonds. The van der Waals surface area contributed by atoms with E-state index in [1.807, 2.05) is 0 Å². The zero-order chi connectivity index (χ0) is 13.1. The SMILES string of the molecule is CCNCc1ccc(N2CC(C)C(C)C2)c(Br)c1. The number of hydrogen-bond donors (Lipinski definition) is 1. The minimum atomic E-state index is 0.790. The van der Waals surface area contributed by atoms with E-state index in [0.29, 0.717) is 0 Å². The van der Waals surface area contributed by atoms with Crippen LogP contribution in [0.2, 0.25) is 0 Å². The number of halogens is 1. The average molecular weight is 311 g/mol. The van der Waals surface area contributed by atoms with Crippen LogP contribution in [0.25, 0.3) is 0 Å². The Morgan fingerprint density at radius 1 is 1.28 bits per heavy atom. The van der Waals surface area contributed by atoms with E-state index in [1.165, 1.54) is 28.8 Å². The summed E-state index contributed by atoms with van der Waals surface area (Å²) in [6.07, 6.45) is 0. The third kappa shape index (κ3) is 3.07. The molecule has 0 bridgehead atoms. The molecule has 0 radical (unpaired) electrons. The summed E-state index contributed by atoms with van der Waals surface area (Å²) in [6.45, 7) is 11.1. The molecular weight excluding hydrogens is 288 g/mol. The highest BCUT2D eigenvalue weighted by Gasteiger charge is 2.27. The van der Waals surface area contributed by atoms with E-state index in [-0.39, 0.29) is 0 Å². The van der Waals surface area contributed by atoms with Crippen LogP contribution in [-0.4, -0.2) is 19.6 Å². The average Bonchev–Trinajstić information content (AvgIpc) is 2.67. The lowest BCUT2D eigenvalue weighted by molar-refractivity contribution is 0.494. The number of hydrogen-bond acceptors (Lipinski definition) is 2. The molecule has 3 heteroatoms. The van der Waals surface area contributed by atoms with E-state index in [1.54, 1.807) is 0 Å². The summed E-state index contributed by atoms with van der Waals surface area (Å²) >= 11 is 3.72. The van der Waals surface area contributed by atoms with Crippen molar-refractivity contribution in [3.63, 3.8) is 0 Å². The Labute approximate surface area is 119 Å². The van der Waals surface area contributed by atoms with Crippen molar-refractivity contribution in [1.82, 2.24) is 5.32 Å². The van der Waals surface area contributed by atoms with Gasteiger partial charge in [-0.3, -0.25) is 0 Å². The second kappa shape index (κ2) is 6.07. The molecule has 0 aliphatic carbocycles. The molecule has 1 N–H and O–H groups in total. The van der Waals surface area contributed by atoms with Crippen molar-refractivity contribution in [1.29, 1.82) is 0 Å². The van der Waals surface area contributed by atoms with Crippen LogP contribution in [-0.2, 0) is 6.54 Å². The quantitative estimate of drug-likeness (QED) is 0.913. The minimum Gasteiger partial charge on any atom is -0.370 e. The largest absolute Gasteiger partial charge is 0.370 e. The van der Waals surface area contributed by atoms with Gasteiger partial charge in [0, 0.05) is 24.1 Å². The van der Waals surface area contributed by atoms with Gasteiger partial charge < -0.3 is 10.2 Å². The summed E-state index contributed by atoms with van der Waals surface area (Å²) in [5.74, 6) is 1.58. The first-order chi connectivity index (χ1) is 8.61. The molecule has 2 nitrogen and oxygen atoms in total. The lowest BCUT2D eigenvalue weighted by Crippen LogP contribution is -2.20. The molecule has 2 rings (SSSR count). The molecule has 2 unspecified atom stereocenters. The summed E-state index contributed by atoms with van der Waals surface area (Å²) in [6, 6.07) is 6.73. The van der Waals surface area contributed by atoms with Crippen LogP contribution in [0.3, 0.4) is 0 Å². The fourth-order valence-electron chi connectivity index (χ4n) is 2.51. The standard InChI is InChI=1S/C15H23BrN2/c1-4-17-8-13-5-6-15(14(16)7-13)18-9-11(2)12(3)10-18/h5-7,11-12,17H,4,8-10H2,1-3H3. The maximum absolute atomic E-state index is 3.72. The van der Waals surface area contributed by atoms with Gasteiger partial charge in [0.25, 0.3) is 0 Å². The van der Waals surface area contributed by atoms with Gasteiger partial charge in [-0.2, -0.15) is 0 Å². The van der Waals surface area contributed by atoms with Crippen molar-refractivity contribution >= 4 is 21.6 Å². The molecule has 1 saturated heterocycles. The van der Waals surface area contributed by atoms with E-state index < -0.39 is 0 Å². The molecule has 0 aromatic heterocycles. The third-order valence-corrected chi connectivity index (χ3v) is 4.56. The summed E-state index contributed by atoms with van der Waals surface area (Å²) < 4.78 is 1.22. The van der Waals surface area contributed by atoms with Crippen molar-refractivity contribution < 1.29 is 0 Å². The van der Waals surface area contributed by atoms with Crippen molar-refractivity contribution in [3.8, 4) is 0 Å². The van der Waals surface area contributed by atoms with Gasteiger partial charge in [-0.1, -0.05) is 26.8 Å². The first kappa shape index (κ1) is 13.9. The normalized spacial score (nSPS) is 23.7. The fraction of sp³-hybridized carbons (Fsp3) is 0.600. The maximum atomic E-state index is 3.72. The molecule has 1 fully saturated rings. The minimum absolute atomic E-state index is 0.790. The van der Waals surface area contributed by atoms with E-state index in [9.17, 15) is 0 Å². The summed E-state index contributed by atoms with van der Waals surface area (Å²) in [5.41, 5.74) is 2.68. The second-order valence-electron chi connectivity index (χ2n) is 5.43. The molecule has 0 spiro atoms. The Morgan fingerprint density at radius 3 is 2.50 bits per heavy atom. The number of anilines is 1. The van der Waals surface area contributed by atoms with Crippen molar-refractivity contribution in [2.75, 3.05) is 24.5 Å². The van der Waals surface area contributed by atoms with E-state index in [2.05, 4.69) is 65.1 Å². The van der Waals surface area contributed by atoms with Crippen molar-refractivity contribution in [3.05, 3.63) is 28.2 Å². The van der Waals surface area contributed by atoms with E-state index in [4.69, 9.17) is 0 Å². The summed E-state index contributed by atoms with van der Waals surface area (Å²) in [7, 11) is 0. The fourth-order valence-corrected chi connectivity index (χ4v) is 3.19. The van der Waals surface area contributed by atoms with Crippen LogP contribution in [0.5, 0.6) is 0 Å².